The van der Waals surface area contributed by atoms with E-state index < -0.39 is 0 Å². The number of anilines is 1. The minimum atomic E-state index is 0.441. The molecule has 2 heteroatoms. The Morgan fingerprint density at radius 2 is 2.14 bits per heavy atom. The second kappa shape index (κ2) is 3.27. The molecule has 0 amide bonds. The Morgan fingerprint density at radius 1 is 1.43 bits per heavy atom. The van der Waals surface area contributed by atoms with Gasteiger partial charge in [-0.1, -0.05) is 20.8 Å². The van der Waals surface area contributed by atoms with Crippen LogP contribution >= 0.6 is 11.3 Å². The first-order valence-corrected chi connectivity index (χ1v) is 6.15. The topological polar surface area (TPSA) is 26.0 Å². The van der Waals surface area contributed by atoms with E-state index in [1.165, 1.54) is 29.7 Å². The fourth-order valence-corrected chi connectivity index (χ4v) is 3.33. The second-order valence-corrected chi connectivity index (χ2v) is 6.57. The monoisotopic (exact) mass is 209 g/mol. The molecule has 0 spiro atoms. The molecular weight excluding hydrogens is 190 g/mol. The van der Waals surface area contributed by atoms with Gasteiger partial charge in [0.2, 0.25) is 0 Å². The van der Waals surface area contributed by atoms with Gasteiger partial charge in [0.25, 0.3) is 0 Å². The molecule has 1 aliphatic rings. The molecule has 0 saturated heterocycles. The smallest absolute Gasteiger partial charge is 0.0862 e. The summed E-state index contributed by atoms with van der Waals surface area (Å²) in [4.78, 5) is 1.54. The Hall–Kier alpha value is -0.500. The number of hydrogen-bond acceptors (Lipinski definition) is 2. The van der Waals surface area contributed by atoms with Gasteiger partial charge in [0.05, 0.1) is 5.00 Å². The average molecular weight is 209 g/mol. The van der Waals surface area contributed by atoms with Gasteiger partial charge in [-0.3, -0.25) is 0 Å². The van der Waals surface area contributed by atoms with Crippen molar-refractivity contribution in [2.45, 2.75) is 40.0 Å². The number of rotatable bonds is 0. The van der Waals surface area contributed by atoms with E-state index in [0.717, 1.165) is 10.9 Å². The highest BCUT2D eigenvalue weighted by atomic mass is 32.1. The molecule has 1 aromatic heterocycles. The van der Waals surface area contributed by atoms with E-state index in [-0.39, 0.29) is 0 Å². The number of thiophene rings is 1. The van der Waals surface area contributed by atoms with Crippen molar-refractivity contribution in [3.8, 4) is 0 Å². The van der Waals surface area contributed by atoms with E-state index in [1.54, 1.807) is 11.3 Å². The average Bonchev–Trinajstić information content (AvgIpc) is 2.41. The first kappa shape index (κ1) is 10.0. The zero-order chi connectivity index (χ0) is 10.3. The summed E-state index contributed by atoms with van der Waals surface area (Å²) >= 11 is 1.79. The fourth-order valence-electron chi connectivity index (χ4n) is 2.27. The summed E-state index contributed by atoms with van der Waals surface area (Å²) in [6, 6.07) is 2.17. The molecular formula is C12H19NS. The summed E-state index contributed by atoms with van der Waals surface area (Å²) in [5, 5.41) is 0.990. The van der Waals surface area contributed by atoms with Crippen molar-refractivity contribution in [3.05, 3.63) is 16.5 Å². The molecule has 1 atom stereocenters. The van der Waals surface area contributed by atoms with Crippen molar-refractivity contribution in [2.24, 2.45) is 11.3 Å². The molecule has 1 aromatic rings. The maximum atomic E-state index is 5.83. The first-order chi connectivity index (χ1) is 6.47. The lowest BCUT2D eigenvalue weighted by molar-refractivity contribution is 0.218. The maximum absolute atomic E-state index is 5.83. The van der Waals surface area contributed by atoms with Gasteiger partial charge < -0.3 is 5.73 Å². The van der Waals surface area contributed by atoms with Crippen molar-refractivity contribution >= 4 is 16.3 Å². The second-order valence-electron chi connectivity index (χ2n) is 5.40. The van der Waals surface area contributed by atoms with Crippen LogP contribution in [0.2, 0.25) is 0 Å². The number of fused-ring (bicyclic) bond motifs is 1. The highest BCUT2D eigenvalue weighted by Gasteiger charge is 2.29. The van der Waals surface area contributed by atoms with Gasteiger partial charge in [-0.2, -0.15) is 0 Å². The van der Waals surface area contributed by atoms with Gasteiger partial charge in [-0.15, -0.1) is 11.3 Å². The van der Waals surface area contributed by atoms with Crippen LogP contribution < -0.4 is 5.73 Å². The van der Waals surface area contributed by atoms with Crippen molar-refractivity contribution < 1.29 is 0 Å². The molecule has 1 aliphatic carbocycles. The van der Waals surface area contributed by atoms with Gasteiger partial charge in [0.1, 0.15) is 0 Å². The molecule has 0 bridgehead atoms. The van der Waals surface area contributed by atoms with Crippen LogP contribution in [0.3, 0.4) is 0 Å². The predicted octanol–water partition coefficient (Wildman–Crippen LogP) is 3.48. The van der Waals surface area contributed by atoms with Gasteiger partial charge in [-0.05, 0) is 42.2 Å². The van der Waals surface area contributed by atoms with E-state index >= 15 is 0 Å². The summed E-state index contributed by atoms with van der Waals surface area (Å²) in [6.07, 6.45) is 3.79. The van der Waals surface area contributed by atoms with E-state index in [4.69, 9.17) is 5.73 Å². The lowest BCUT2D eigenvalue weighted by Crippen LogP contribution is -2.25. The molecule has 0 aromatic carbocycles. The lowest BCUT2D eigenvalue weighted by atomic mass is 9.73. The molecule has 1 heterocycles. The van der Waals surface area contributed by atoms with Crippen molar-refractivity contribution in [3.63, 3.8) is 0 Å². The normalized spacial score (nSPS) is 22.1. The number of nitrogen functional groups attached to an aromatic ring is 1. The van der Waals surface area contributed by atoms with Gasteiger partial charge in [0.15, 0.2) is 0 Å². The summed E-state index contributed by atoms with van der Waals surface area (Å²) in [5.74, 6) is 0.827. The van der Waals surface area contributed by atoms with Crippen LogP contribution in [-0.4, -0.2) is 0 Å². The summed E-state index contributed by atoms with van der Waals surface area (Å²) < 4.78 is 0. The summed E-state index contributed by atoms with van der Waals surface area (Å²) in [5.41, 5.74) is 7.78. The van der Waals surface area contributed by atoms with Crippen molar-refractivity contribution in [1.82, 2.24) is 0 Å². The quantitative estimate of drug-likeness (QED) is 0.695. The third-order valence-electron chi connectivity index (χ3n) is 3.33. The van der Waals surface area contributed by atoms with Crippen LogP contribution in [-0.2, 0) is 12.8 Å². The van der Waals surface area contributed by atoms with Crippen LogP contribution in [0.4, 0.5) is 5.00 Å². The summed E-state index contributed by atoms with van der Waals surface area (Å²) in [7, 11) is 0. The zero-order valence-electron chi connectivity index (χ0n) is 9.26. The molecule has 1 nitrogen and oxygen atoms in total. The van der Waals surface area contributed by atoms with Crippen LogP contribution in [0.1, 0.15) is 37.6 Å². The Bertz CT molecular complexity index is 333. The van der Waals surface area contributed by atoms with Gasteiger partial charge in [-0.25, -0.2) is 0 Å². The van der Waals surface area contributed by atoms with E-state index in [1.807, 2.05) is 0 Å². The molecule has 78 valence electrons. The molecule has 0 aliphatic heterocycles. The van der Waals surface area contributed by atoms with Gasteiger partial charge >= 0.3 is 0 Å². The van der Waals surface area contributed by atoms with Crippen LogP contribution in [0, 0.1) is 11.3 Å². The SMILES string of the molecule is CC(C)(C)C1CCc2cc(N)sc2C1. The Labute approximate surface area is 90.3 Å². The van der Waals surface area contributed by atoms with Crippen molar-refractivity contribution in [1.29, 1.82) is 0 Å². The molecule has 2 N–H and O–H groups in total. The van der Waals surface area contributed by atoms with Gasteiger partial charge in [0, 0.05) is 4.88 Å². The standard InChI is InChI=1S/C12H19NS/c1-12(2,3)9-5-4-8-6-11(13)14-10(8)7-9/h6,9H,4-5,7,13H2,1-3H3. The highest BCUT2D eigenvalue weighted by Crippen LogP contribution is 2.40. The molecule has 0 fully saturated rings. The zero-order valence-corrected chi connectivity index (χ0v) is 10.1. The molecule has 0 saturated carbocycles. The lowest BCUT2D eigenvalue weighted by Gasteiger charge is -2.33. The first-order valence-electron chi connectivity index (χ1n) is 5.34. The third kappa shape index (κ3) is 1.81. The maximum Gasteiger partial charge on any atom is 0.0862 e. The minimum Gasteiger partial charge on any atom is -0.391 e. The Balaban J connectivity index is 2.21. The van der Waals surface area contributed by atoms with Crippen LogP contribution in [0.5, 0.6) is 0 Å². The summed E-state index contributed by atoms with van der Waals surface area (Å²) in [6.45, 7) is 7.04. The molecule has 2 rings (SSSR count). The predicted molar refractivity (Wildman–Crippen MR) is 63.7 cm³/mol. The highest BCUT2D eigenvalue weighted by molar-refractivity contribution is 7.16. The van der Waals surface area contributed by atoms with Crippen molar-refractivity contribution in [2.75, 3.05) is 5.73 Å². The number of aryl methyl sites for hydroxylation is 1. The minimum absolute atomic E-state index is 0.441. The Kier molecular flexibility index (Phi) is 2.34. The Morgan fingerprint density at radius 3 is 2.79 bits per heavy atom. The number of nitrogens with two attached hydrogens (primary N) is 1. The molecule has 1 unspecified atom stereocenters. The fraction of sp³-hybridized carbons (Fsp3) is 0.667. The largest absolute Gasteiger partial charge is 0.391 e. The van der Waals surface area contributed by atoms with E-state index in [2.05, 4.69) is 26.8 Å². The molecule has 14 heavy (non-hydrogen) atoms. The van der Waals surface area contributed by atoms with Crippen LogP contribution in [0.15, 0.2) is 6.07 Å². The number of hydrogen-bond donors (Lipinski definition) is 1. The third-order valence-corrected chi connectivity index (χ3v) is 4.36. The van der Waals surface area contributed by atoms with E-state index in [9.17, 15) is 0 Å². The van der Waals surface area contributed by atoms with Crippen LogP contribution in [0.25, 0.3) is 0 Å². The van der Waals surface area contributed by atoms with E-state index in [0.29, 0.717) is 5.41 Å². The molecule has 0 radical (unpaired) electrons.